The zero-order valence-corrected chi connectivity index (χ0v) is 12.7. The van der Waals surface area contributed by atoms with Gasteiger partial charge < -0.3 is 10.1 Å². The number of hydrogen-bond donors (Lipinski definition) is 1. The highest BCUT2D eigenvalue weighted by Gasteiger charge is 2.24. The molecule has 1 N–H and O–H groups in total. The second-order valence-corrected chi connectivity index (χ2v) is 6.25. The molecule has 1 aromatic carbocycles. The smallest absolute Gasteiger partial charge is 0.410 e. The number of ether oxygens (including phenoxy) is 1. The molecule has 2 rings (SSSR count). The molecule has 3 heteroatoms. The van der Waals surface area contributed by atoms with Gasteiger partial charge >= 0.3 is 6.09 Å². The maximum absolute atomic E-state index is 12.0. The number of nitrogens with one attached hydrogen (secondary N) is 1. The van der Waals surface area contributed by atoms with Crippen LogP contribution in [0.5, 0.6) is 5.75 Å². The maximum atomic E-state index is 12.0. The topological polar surface area (TPSA) is 38.3 Å². The Kier molecular flexibility index (Phi) is 4.69. The number of amides is 1. The first kappa shape index (κ1) is 14.9. The van der Waals surface area contributed by atoms with Crippen LogP contribution in [0.1, 0.15) is 58.4 Å². The Morgan fingerprint density at radius 2 is 1.95 bits per heavy atom. The van der Waals surface area contributed by atoms with Crippen molar-refractivity contribution in [1.82, 2.24) is 5.32 Å². The minimum absolute atomic E-state index is 0.00420. The van der Waals surface area contributed by atoms with Gasteiger partial charge in [-0.05, 0) is 30.7 Å². The van der Waals surface area contributed by atoms with Crippen LogP contribution in [0.15, 0.2) is 24.3 Å². The first-order valence-corrected chi connectivity index (χ1v) is 7.61. The van der Waals surface area contributed by atoms with E-state index >= 15 is 0 Å². The second kappa shape index (κ2) is 6.29. The normalized spacial score (nSPS) is 16.1. The van der Waals surface area contributed by atoms with Crippen LogP contribution in [0.25, 0.3) is 0 Å². The van der Waals surface area contributed by atoms with Crippen molar-refractivity contribution in [2.75, 3.05) is 0 Å². The van der Waals surface area contributed by atoms with Crippen LogP contribution in [0.4, 0.5) is 4.79 Å². The van der Waals surface area contributed by atoms with Crippen molar-refractivity contribution >= 4 is 6.09 Å². The van der Waals surface area contributed by atoms with Gasteiger partial charge in [0.15, 0.2) is 0 Å². The van der Waals surface area contributed by atoms with Crippen LogP contribution in [-0.4, -0.2) is 12.1 Å². The molecule has 0 bridgehead atoms. The molecule has 0 aromatic heterocycles. The van der Waals surface area contributed by atoms with Gasteiger partial charge in [0.2, 0.25) is 0 Å². The van der Waals surface area contributed by atoms with E-state index in [0.717, 1.165) is 24.8 Å². The molecule has 20 heavy (non-hydrogen) atoms. The lowest BCUT2D eigenvalue weighted by atomic mass is 9.82. The van der Waals surface area contributed by atoms with Crippen LogP contribution >= 0.6 is 0 Å². The molecule has 1 amide bonds. The number of rotatable bonds is 4. The maximum Gasteiger partial charge on any atom is 0.412 e. The van der Waals surface area contributed by atoms with Gasteiger partial charge in [-0.2, -0.15) is 0 Å². The predicted octanol–water partition coefficient (Wildman–Crippen LogP) is 4.41. The van der Waals surface area contributed by atoms with E-state index in [1.54, 1.807) is 0 Å². The average Bonchev–Trinajstić information content (AvgIpc) is 2.92. The van der Waals surface area contributed by atoms with E-state index in [-0.39, 0.29) is 17.6 Å². The number of hydrogen-bond acceptors (Lipinski definition) is 2. The van der Waals surface area contributed by atoms with Gasteiger partial charge in [0.05, 0.1) is 0 Å². The molecule has 0 atom stereocenters. The fourth-order valence-electron chi connectivity index (χ4n) is 2.67. The lowest BCUT2D eigenvalue weighted by Gasteiger charge is -2.25. The van der Waals surface area contributed by atoms with Crippen molar-refractivity contribution in [2.24, 2.45) is 0 Å². The summed E-state index contributed by atoms with van der Waals surface area (Å²) in [6.07, 6.45) is 5.21. The SMILES string of the molecule is CCC(C)(C)c1ccccc1OC(=O)NC1CCCC1. The van der Waals surface area contributed by atoms with Gasteiger partial charge in [0.1, 0.15) is 5.75 Å². The van der Waals surface area contributed by atoms with E-state index in [0.29, 0.717) is 5.75 Å². The third kappa shape index (κ3) is 3.53. The lowest BCUT2D eigenvalue weighted by molar-refractivity contribution is 0.195. The van der Waals surface area contributed by atoms with Gasteiger partial charge in [-0.25, -0.2) is 4.79 Å². The highest BCUT2D eigenvalue weighted by atomic mass is 16.6. The molecule has 0 unspecified atom stereocenters. The van der Waals surface area contributed by atoms with Crippen LogP contribution in [0.3, 0.4) is 0 Å². The zero-order valence-electron chi connectivity index (χ0n) is 12.7. The summed E-state index contributed by atoms with van der Waals surface area (Å²) in [4.78, 5) is 12.0. The van der Waals surface area contributed by atoms with E-state index in [1.165, 1.54) is 12.8 Å². The highest BCUT2D eigenvalue weighted by molar-refractivity contribution is 5.71. The number of benzene rings is 1. The van der Waals surface area contributed by atoms with E-state index in [2.05, 4.69) is 26.1 Å². The molecule has 0 saturated heterocycles. The monoisotopic (exact) mass is 275 g/mol. The standard InChI is InChI=1S/C17H25NO2/c1-4-17(2,3)14-11-7-8-12-15(14)20-16(19)18-13-9-5-6-10-13/h7-8,11-13H,4-6,9-10H2,1-3H3,(H,18,19). The van der Waals surface area contributed by atoms with Gasteiger partial charge in [-0.15, -0.1) is 0 Å². The minimum Gasteiger partial charge on any atom is -0.410 e. The molecule has 3 nitrogen and oxygen atoms in total. The highest BCUT2D eigenvalue weighted by Crippen LogP contribution is 2.34. The molecule has 0 spiro atoms. The lowest BCUT2D eigenvalue weighted by Crippen LogP contribution is -2.35. The van der Waals surface area contributed by atoms with Gasteiger partial charge in [0.25, 0.3) is 0 Å². The van der Waals surface area contributed by atoms with Crippen molar-refractivity contribution in [3.63, 3.8) is 0 Å². The molecular weight excluding hydrogens is 250 g/mol. The number of carbonyl (C=O) groups excluding carboxylic acids is 1. The van der Waals surface area contributed by atoms with Crippen LogP contribution in [-0.2, 0) is 5.41 Å². The van der Waals surface area contributed by atoms with E-state index in [9.17, 15) is 4.79 Å². The Morgan fingerprint density at radius 1 is 1.30 bits per heavy atom. The summed E-state index contributed by atoms with van der Waals surface area (Å²) in [5, 5.41) is 2.96. The fraction of sp³-hybridized carbons (Fsp3) is 0.588. The van der Waals surface area contributed by atoms with E-state index in [4.69, 9.17) is 4.74 Å². The molecule has 1 aromatic rings. The van der Waals surface area contributed by atoms with Crippen LogP contribution in [0, 0.1) is 0 Å². The molecule has 1 aliphatic rings. The molecule has 110 valence electrons. The molecule has 1 aliphatic carbocycles. The Labute approximate surface area is 121 Å². The molecule has 1 fully saturated rings. The third-order valence-corrected chi connectivity index (χ3v) is 4.38. The fourth-order valence-corrected chi connectivity index (χ4v) is 2.67. The Bertz CT molecular complexity index is 462. The summed E-state index contributed by atoms with van der Waals surface area (Å²) in [5.74, 6) is 0.676. The van der Waals surface area contributed by atoms with Crippen molar-refractivity contribution in [3.05, 3.63) is 29.8 Å². The number of carbonyl (C=O) groups is 1. The molecular formula is C17H25NO2. The summed E-state index contributed by atoms with van der Waals surface area (Å²) in [6, 6.07) is 8.11. The van der Waals surface area contributed by atoms with E-state index in [1.807, 2.05) is 24.3 Å². The Balaban J connectivity index is 2.07. The molecule has 0 heterocycles. The molecule has 0 radical (unpaired) electrons. The van der Waals surface area contributed by atoms with Crippen LogP contribution < -0.4 is 10.1 Å². The Hall–Kier alpha value is -1.51. The van der Waals surface area contributed by atoms with Gasteiger partial charge in [0, 0.05) is 11.6 Å². The van der Waals surface area contributed by atoms with Crippen molar-refractivity contribution in [3.8, 4) is 5.75 Å². The largest absolute Gasteiger partial charge is 0.412 e. The van der Waals surface area contributed by atoms with Gasteiger partial charge in [-0.3, -0.25) is 0 Å². The second-order valence-electron chi connectivity index (χ2n) is 6.25. The molecule has 0 aliphatic heterocycles. The number of para-hydroxylation sites is 1. The summed E-state index contributed by atoms with van der Waals surface area (Å²) in [7, 11) is 0. The first-order valence-electron chi connectivity index (χ1n) is 7.61. The third-order valence-electron chi connectivity index (χ3n) is 4.38. The first-order chi connectivity index (χ1) is 9.53. The van der Waals surface area contributed by atoms with E-state index < -0.39 is 0 Å². The summed E-state index contributed by atoms with van der Waals surface area (Å²) >= 11 is 0. The average molecular weight is 275 g/mol. The quantitative estimate of drug-likeness (QED) is 0.884. The van der Waals surface area contributed by atoms with Crippen molar-refractivity contribution in [1.29, 1.82) is 0 Å². The van der Waals surface area contributed by atoms with Crippen molar-refractivity contribution in [2.45, 2.75) is 64.3 Å². The predicted molar refractivity (Wildman–Crippen MR) is 81.2 cm³/mol. The summed E-state index contributed by atoms with van der Waals surface area (Å²) < 4.78 is 5.55. The minimum atomic E-state index is -0.323. The Morgan fingerprint density at radius 3 is 2.60 bits per heavy atom. The van der Waals surface area contributed by atoms with Crippen molar-refractivity contribution < 1.29 is 9.53 Å². The van der Waals surface area contributed by atoms with Crippen LogP contribution in [0.2, 0.25) is 0 Å². The molecule has 1 saturated carbocycles. The zero-order chi connectivity index (χ0) is 14.6. The summed E-state index contributed by atoms with van der Waals surface area (Å²) in [5.41, 5.74) is 1.09. The summed E-state index contributed by atoms with van der Waals surface area (Å²) in [6.45, 7) is 6.49. The van der Waals surface area contributed by atoms with Gasteiger partial charge in [-0.1, -0.05) is 51.8 Å².